The van der Waals surface area contributed by atoms with Crippen LogP contribution in [0.4, 0.5) is 0 Å². The molecule has 0 fully saturated rings. The number of aromatic nitrogens is 4. The van der Waals surface area contributed by atoms with E-state index in [1.165, 1.54) is 15.5 Å². The third-order valence-electron chi connectivity index (χ3n) is 5.40. The zero-order valence-corrected chi connectivity index (χ0v) is 16.8. The maximum absolute atomic E-state index is 12.7. The number of rotatable bonds is 8. The third kappa shape index (κ3) is 3.98. The van der Waals surface area contributed by atoms with Crippen molar-refractivity contribution in [1.29, 1.82) is 0 Å². The summed E-state index contributed by atoms with van der Waals surface area (Å²) < 4.78 is 4.20. The van der Waals surface area contributed by atoms with Crippen molar-refractivity contribution in [2.45, 2.75) is 38.8 Å². The second-order valence-electron chi connectivity index (χ2n) is 7.44. The molecule has 0 amide bonds. The molecule has 0 saturated heterocycles. The van der Waals surface area contributed by atoms with Gasteiger partial charge in [-0.1, -0.05) is 43.7 Å². The molecule has 0 N–H and O–H groups in total. The Balaban J connectivity index is 1.69. The standard InChI is InChI=1S/C20H25N5O4/c1-14(16(25(28)29)15-10-5-4-6-11-15)9-7-8-12-24-19(26)17-18(21-13-22(17)2)23(3)20(24)27/h4-6,10-11,13-14,16H,7-9,12H2,1-3H3. The van der Waals surface area contributed by atoms with Gasteiger partial charge >= 0.3 is 5.69 Å². The quantitative estimate of drug-likeness (QED) is 0.328. The number of fused-ring (bicyclic) bond motifs is 1. The lowest BCUT2D eigenvalue weighted by atomic mass is 9.91. The first kappa shape index (κ1) is 20.5. The first-order valence-electron chi connectivity index (χ1n) is 9.62. The summed E-state index contributed by atoms with van der Waals surface area (Å²) in [5.41, 5.74) is 0.684. The number of unbranched alkanes of at least 4 members (excludes halogenated alkanes) is 1. The highest BCUT2D eigenvalue weighted by atomic mass is 16.6. The summed E-state index contributed by atoms with van der Waals surface area (Å²) in [5.74, 6) is -0.161. The Morgan fingerprint density at radius 2 is 1.83 bits per heavy atom. The number of aryl methyl sites for hydroxylation is 2. The Hall–Kier alpha value is -3.23. The van der Waals surface area contributed by atoms with E-state index in [0.717, 1.165) is 0 Å². The lowest BCUT2D eigenvalue weighted by Gasteiger charge is -2.17. The SMILES string of the molecule is CC(CCCCn1c(=O)c2c(ncn2C)n(C)c1=O)C(c1ccccc1)[N+](=O)[O-]. The number of nitro groups is 1. The average Bonchev–Trinajstić information content (AvgIpc) is 3.08. The molecule has 3 aromatic rings. The van der Waals surface area contributed by atoms with Crippen LogP contribution in [-0.4, -0.2) is 23.6 Å². The second kappa shape index (κ2) is 8.42. The Bertz CT molecular complexity index is 1130. The van der Waals surface area contributed by atoms with E-state index < -0.39 is 11.7 Å². The molecule has 0 bridgehead atoms. The molecule has 1 aromatic carbocycles. The van der Waals surface area contributed by atoms with Gasteiger partial charge in [0.25, 0.3) is 5.56 Å². The third-order valence-corrected chi connectivity index (χ3v) is 5.40. The van der Waals surface area contributed by atoms with Gasteiger partial charge in [0.05, 0.1) is 6.33 Å². The first-order chi connectivity index (χ1) is 13.8. The summed E-state index contributed by atoms with van der Waals surface area (Å²) in [5, 5.41) is 11.6. The molecule has 0 radical (unpaired) electrons. The molecule has 0 aliphatic heterocycles. The summed E-state index contributed by atoms with van der Waals surface area (Å²) >= 11 is 0. The molecule has 9 nitrogen and oxygen atoms in total. The maximum Gasteiger partial charge on any atom is 0.332 e. The van der Waals surface area contributed by atoms with Crippen LogP contribution in [-0.2, 0) is 20.6 Å². The number of hydrogen-bond donors (Lipinski definition) is 0. The van der Waals surface area contributed by atoms with Crippen LogP contribution in [0, 0.1) is 16.0 Å². The van der Waals surface area contributed by atoms with Crippen LogP contribution in [0.2, 0.25) is 0 Å². The lowest BCUT2D eigenvalue weighted by Crippen LogP contribution is -2.39. The molecule has 2 atom stereocenters. The number of imidazole rings is 1. The Morgan fingerprint density at radius 3 is 2.48 bits per heavy atom. The van der Waals surface area contributed by atoms with Gasteiger partial charge in [0.15, 0.2) is 11.2 Å². The van der Waals surface area contributed by atoms with Crippen LogP contribution in [0.25, 0.3) is 11.2 Å². The summed E-state index contributed by atoms with van der Waals surface area (Å²) in [6.45, 7) is 2.14. The van der Waals surface area contributed by atoms with E-state index in [9.17, 15) is 19.7 Å². The Kier molecular flexibility index (Phi) is 5.95. The Labute approximate surface area is 167 Å². The summed E-state index contributed by atoms with van der Waals surface area (Å²) in [6, 6.07) is 8.22. The number of benzene rings is 1. The largest absolute Gasteiger partial charge is 0.332 e. The van der Waals surface area contributed by atoms with Gasteiger partial charge in [-0.2, -0.15) is 0 Å². The first-order valence-corrected chi connectivity index (χ1v) is 9.62. The van der Waals surface area contributed by atoms with Crippen molar-refractivity contribution in [1.82, 2.24) is 18.7 Å². The zero-order valence-electron chi connectivity index (χ0n) is 16.8. The molecule has 0 spiro atoms. The van der Waals surface area contributed by atoms with Crippen LogP contribution < -0.4 is 11.2 Å². The van der Waals surface area contributed by atoms with Gasteiger partial charge in [-0.3, -0.25) is 24.0 Å². The minimum atomic E-state index is -0.766. The zero-order chi connectivity index (χ0) is 21.1. The second-order valence-corrected chi connectivity index (χ2v) is 7.44. The summed E-state index contributed by atoms with van der Waals surface area (Å²) in [4.78, 5) is 40.6. The fourth-order valence-electron chi connectivity index (χ4n) is 3.80. The van der Waals surface area contributed by atoms with Crippen LogP contribution >= 0.6 is 0 Å². The van der Waals surface area contributed by atoms with Crippen molar-refractivity contribution in [2.75, 3.05) is 0 Å². The molecule has 154 valence electrons. The van der Waals surface area contributed by atoms with Gasteiger partial charge in [0, 0.05) is 37.0 Å². The molecule has 3 rings (SSSR count). The number of nitrogens with zero attached hydrogens (tertiary/aromatic N) is 5. The van der Waals surface area contributed by atoms with Crippen molar-refractivity contribution >= 4 is 11.2 Å². The van der Waals surface area contributed by atoms with Crippen LogP contribution in [0.3, 0.4) is 0 Å². The molecule has 2 aromatic heterocycles. The molecule has 9 heteroatoms. The highest BCUT2D eigenvalue weighted by molar-refractivity contribution is 5.69. The van der Waals surface area contributed by atoms with E-state index in [1.54, 1.807) is 42.9 Å². The average molecular weight is 399 g/mol. The van der Waals surface area contributed by atoms with Crippen molar-refractivity contribution in [2.24, 2.45) is 20.0 Å². The van der Waals surface area contributed by atoms with Gasteiger partial charge in [0.2, 0.25) is 6.04 Å². The molecule has 0 saturated carbocycles. The van der Waals surface area contributed by atoms with Crippen molar-refractivity contribution < 1.29 is 4.92 Å². The minimum absolute atomic E-state index is 0.161. The molecule has 2 unspecified atom stereocenters. The van der Waals surface area contributed by atoms with Crippen LogP contribution in [0.1, 0.15) is 37.8 Å². The van der Waals surface area contributed by atoms with E-state index >= 15 is 0 Å². The molecule has 2 heterocycles. The van der Waals surface area contributed by atoms with E-state index in [2.05, 4.69) is 4.98 Å². The Morgan fingerprint density at radius 1 is 1.14 bits per heavy atom. The number of hydrogen-bond acceptors (Lipinski definition) is 5. The normalized spacial score (nSPS) is 13.5. The molecule has 29 heavy (non-hydrogen) atoms. The van der Waals surface area contributed by atoms with Gasteiger partial charge in [-0.25, -0.2) is 9.78 Å². The smallest absolute Gasteiger partial charge is 0.328 e. The fourth-order valence-corrected chi connectivity index (χ4v) is 3.80. The molecular formula is C20H25N5O4. The van der Waals surface area contributed by atoms with Gasteiger partial charge in [-0.05, 0) is 12.8 Å². The predicted molar refractivity (Wildman–Crippen MR) is 109 cm³/mol. The van der Waals surface area contributed by atoms with Crippen molar-refractivity contribution in [3.63, 3.8) is 0 Å². The highest BCUT2D eigenvalue weighted by Crippen LogP contribution is 2.28. The van der Waals surface area contributed by atoms with Crippen LogP contribution in [0.15, 0.2) is 46.2 Å². The van der Waals surface area contributed by atoms with E-state index in [1.807, 2.05) is 13.0 Å². The topological polar surface area (TPSA) is 105 Å². The van der Waals surface area contributed by atoms with E-state index in [0.29, 0.717) is 36.0 Å². The highest BCUT2D eigenvalue weighted by Gasteiger charge is 2.29. The van der Waals surface area contributed by atoms with E-state index in [-0.39, 0.29) is 22.9 Å². The fraction of sp³-hybridized carbons (Fsp3) is 0.450. The van der Waals surface area contributed by atoms with E-state index in [4.69, 9.17) is 0 Å². The minimum Gasteiger partial charge on any atom is -0.328 e. The predicted octanol–water partition coefficient (Wildman–Crippen LogP) is 2.26. The summed E-state index contributed by atoms with van der Waals surface area (Å²) in [7, 11) is 3.31. The molecule has 0 aliphatic rings. The van der Waals surface area contributed by atoms with Crippen LogP contribution in [0.5, 0.6) is 0 Å². The van der Waals surface area contributed by atoms with Crippen molar-refractivity contribution in [3.05, 3.63) is 73.2 Å². The monoisotopic (exact) mass is 399 g/mol. The molecule has 0 aliphatic carbocycles. The molecular weight excluding hydrogens is 374 g/mol. The van der Waals surface area contributed by atoms with Gasteiger partial charge < -0.3 is 4.57 Å². The maximum atomic E-state index is 12.7. The lowest BCUT2D eigenvalue weighted by molar-refractivity contribution is -0.538. The van der Waals surface area contributed by atoms with Gasteiger partial charge in [-0.15, -0.1) is 0 Å². The summed E-state index contributed by atoms with van der Waals surface area (Å²) in [6.07, 6.45) is 3.40. The van der Waals surface area contributed by atoms with Crippen molar-refractivity contribution in [3.8, 4) is 0 Å². The van der Waals surface area contributed by atoms with Gasteiger partial charge in [0.1, 0.15) is 0 Å².